The number of carbonyl (C=O) groups is 1. The zero-order valence-electron chi connectivity index (χ0n) is 9.35. The minimum absolute atomic E-state index is 0.0280. The molecular formula is C13H16O3. The highest BCUT2D eigenvalue weighted by Crippen LogP contribution is 2.43. The number of hydrogen-bond acceptors (Lipinski definition) is 3. The average molecular weight is 220 g/mol. The molecule has 0 amide bonds. The molecule has 0 aliphatic heterocycles. The van der Waals surface area contributed by atoms with Crippen molar-refractivity contribution in [2.45, 2.75) is 31.3 Å². The van der Waals surface area contributed by atoms with Crippen LogP contribution in [-0.4, -0.2) is 18.2 Å². The maximum atomic E-state index is 11.1. The van der Waals surface area contributed by atoms with Crippen LogP contribution in [0.5, 0.6) is 0 Å². The highest BCUT2D eigenvalue weighted by Gasteiger charge is 2.28. The summed E-state index contributed by atoms with van der Waals surface area (Å²) in [5.41, 5.74) is 2.05. The molecule has 0 radical (unpaired) electrons. The molecule has 3 nitrogen and oxygen atoms in total. The van der Waals surface area contributed by atoms with E-state index in [4.69, 9.17) is 0 Å². The van der Waals surface area contributed by atoms with Gasteiger partial charge in [-0.1, -0.05) is 24.3 Å². The number of ether oxygens (including phenoxy) is 1. The summed E-state index contributed by atoms with van der Waals surface area (Å²) in [6.07, 6.45) is 1.65. The molecule has 1 aromatic rings. The van der Waals surface area contributed by atoms with E-state index in [0.717, 1.165) is 5.56 Å². The van der Waals surface area contributed by atoms with Crippen LogP contribution in [0.15, 0.2) is 24.3 Å². The van der Waals surface area contributed by atoms with E-state index in [1.54, 1.807) is 0 Å². The number of hydrogen-bond donors (Lipinski definition) is 1. The van der Waals surface area contributed by atoms with Gasteiger partial charge in [0, 0.05) is 0 Å². The van der Waals surface area contributed by atoms with Crippen molar-refractivity contribution >= 4 is 5.97 Å². The van der Waals surface area contributed by atoms with Crippen LogP contribution in [0.25, 0.3) is 0 Å². The molecule has 0 heterocycles. The molecule has 1 N–H and O–H groups in total. The number of rotatable bonds is 4. The van der Waals surface area contributed by atoms with Gasteiger partial charge in [-0.2, -0.15) is 0 Å². The minimum Gasteiger partial charge on any atom is -0.469 e. The predicted molar refractivity (Wildman–Crippen MR) is 60.0 cm³/mol. The largest absolute Gasteiger partial charge is 0.469 e. The Balaban J connectivity index is 2.15. The van der Waals surface area contributed by atoms with Crippen LogP contribution in [-0.2, 0) is 9.53 Å². The van der Waals surface area contributed by atoms with Crippen LogP contribution >= 0.6 is 0 Å². The van der Waals surface area contributed by atoms with Crippen LogP contribution < -0.4 is 0 Å². The SMILES string of the molecule is COC(=O)CC(O)c1ccccc1C1CC1. The van der Waals surface area contributed by atoms with Gasteiger partial charge in [-0.3, -0.25) is 4.79 Å². The summed E-state index contributed by atoms with van der Waals surface area (Å²) in [6.45, 7) is 0. The van der Waals surface area contributed by atoms with E-state index in [0.29, 0.717) is 5.92 Å². The maximum absolute atomic E-state index is 11.1. The fourth-order valence-electron chi connectivity index (χ4n) is 1.93. The van der Waals surface area contributed by atoms with Crippen molar-refractivity contribution in [1.29, 1.82) is 0 Å². The molecule has 1 saturated carbocycles. The van der Waals surface area contributed by atoms with E-state index in [1.807, 2.05) is 24.3 Å². The summed E-state index contributed by atoms with van der Waals surface area (Å²) in [5.74, 6) is 0.196. The fraction of sp³-hybridized carbons (Fsp3) is 0.462. The highest BCUT2D eigenvalue weighted by molar-refractivity contribution is 5.70. The molecule has 3 heteroatoms. The van der Waals surface area contributed by atoms with Gasteiger partial charge in [0.05, 0.1) is 19.6 Å². The van der Waals surface area contributed by atoms with Gasteiger partial charge in [-0.05, 0) is 29.9 Å². The smallest absolute Gasteiger partial charge is 0.308 e. The predicted octanol–water partition coefficient (Wildman–Crippen LogP) is 2.16. The van der Waals surface area contributed by atoms with Crippen molar-refractivity contribution in [1.82, 2.24) is 0 Å². The molecule has 1 aliphatic carbocycles. The molecule has 86 valence electrons. The first-order valence-corrected chi connectivity index (χ1v) is 5.56. The molecule has 0 aromatic heterocycles. The summed E-state index contributed by atoms with van der Waals surface area (Å²) in [4.78, 5) is 11.1. The van der Waals surface area contributed by atoms with Gasteiger partial charge in [-0.25, -0.2) is 0 Å². The third-order valence-corrected chi connectivity index (χ3v) is 2.96. The summed E-state index contributed by atoms with van der Waals surface area (Å²) in [5, 5.41) is 9.98. The Morgan fingerprint density at radius 3 is 2.81 bits per heavy atom. The second-order valence-electron chi connectivity index (χ2n) is 4.20. The van der Waals surface area contributed by atoms with Crippen LogP contribution in [0.2, 0.25) is 0 Å². The summed E-state index contributed by atoms with van der Waals surface area (Å²) >= 11 is 0. The Hall–Kier alpha value is -1.35. The van der Waals surface area contributed by atoms with Crippen LogP contribution in [0, 0.1) is 0 Å². The first-order valence-electron chi connectivity index (χ1n) is 5.56. The molecule has 1 aliphatic rings. The molecule has 1 unspecified atom stereocenters. The summed E-state index contributed by atoms with van der Waals surface area (Å²) < 4.78 is 4.56. The number of aliphatic hydroxyl groups excluding tert-OH is 1. The number of esters is 1. The first kappa shape index (κ1) is 11.1. The minimum atomic E-state index is -0.746. The van der Waals surface area contributed by atoms with Crippen molar-refractivity contribution in [2.75, 3.05) is 7.11 Å². The van der Waals surface area contributed by atoms with Crippen LogP contribution in [0.4, 0.5) is 0 Å². The Labute approximate surface area is 95.0 Å². The lowest BCUT2D eigenvalue weighted by Crippen LogP contribution is -2.09. The van der Waals surface area contributed by atoms with E-state index in [9.17, 15) is 9.90 Å². The van der Waals surface area contributed by atoms with E-state index in [1.165, 1.54) is 25.5 Å². The quantitative estimate of drug-likeness (QED) is 0.791. The number of methoxy groups -OCH3 is 1. The topological polar surface area (TPSA) is 46.5 Å². The molecule has 0 spiro atoms. The normalized spacial score (nSPS) is 16.9. The zero-order chi connectivity index (χ0) is 11.5. The molecular weight excluding hydrogens is 204 g/mol. The van der Waals surface area contributed by atoms with Crippen molar-refractivity contribution in [3.05, 3.63) is 35.4 Å². The zero-order valence-corrected chi connectivity index (χ0v) is 9.35. The molecule has 16 heavy (non-hydrogen) atoms. The molecule has 1 atom stereocenters. The lowest BCUT2D eigenvalue weighted by Gasteiger charge is -2.14. The van der Waals surface area contributed by atoms with Gasteiger partial charge in [-0.15, -0.1) is 0 Å². The number of aliphatic hydroxyl groups is 1. The van der Waals surface area contributed by atoms with Gasteiger partial charge in [0.1, 0.15) is 0 Å². The molecule has 1 aromatic carbocycles. The van der Waals surface area contributed by atoms with Crippen molar-refractivity contribution in [3.8, 4) is 0 Å². The average Bonchev–Trinajstić information content (AvgIpc) is 3.12. The monoisotopic (exact) mass is 220 g/mol. The Morgan fingerprint density at radius 1 is 1.50 bits per heavy atom. The van der Waals surface area contributed by atoms with Gasteiger partial charge in [0.2, 0.25) is 0 Å². The maximum Gasteiger partial charge on any atom is 0.308 e. The van der Waals surface area contributed by atoms with Gasteiger partial charge < -0.3 is 9.84 Å². The number of carbonyl (C=O) groups excluding carboxylic acids is 1. The first-order chi connectivity index (χ1) is 7.72. The van der Waals surface area contributed by atoms with E-state index >= 15 is 0 Å². The Bertz CT molecular complexity index is 383. The van der Waals surface area contributed by atoms with Crippen molar-refractivity contribution in [3.63, 3.8) is 0 Å². The van der Waals surface area contributed by atoms with E-state index in [-0.39, 0.29) is 12.4 Å². The number of benzene rings is 1. The molecule has 0 bridgehead atoms. The molecule has 2 rings (SSSR count). The molecule has 1 fully saturated rings. The second kappa shape index (κ2) is 4.66. The third kappa shape index (κ3) is 2.42. The summed E-state index contributed by atoms with van der Waals surface area (Å²) in [7, 11) is 1.34. The van der Waals surface area contributed by atoms with Gasteiger partial charge >= 0.3 is 5.97 Å². The van der Waals surface area contributed by atoms with Crippen LogP contribution in [0.3, 0.4) is 0 Å². The van der Waals surface area contributed by atoms with Crippen molar-refractivity contribution < 1.29 is 14.6 Å². The fourth-order valence-corrected chi connectivity index (χ4v) is 1.93. The third-order valence-electron chi connectivity index (χ3n) is 2.96. The van der Waals surface area contributed by atoms with E-state index < -0.39 is 6.10 Å². The van der Waals surface area contributed by atoms with Gasteiger partial charge in [0.15, 0.2) is 0 Å². The van der Waals surface area contributed by atoms with Crippen LogP contribution in [0.1, 0.15) is 42.4 Å². The highest BCUT2D eigenvalue weighted by atomic mass is 16.5. The standard InChI is InChI=1S/C13H16O3/c1-16-13(15)8-12(14)11-5-3-2-4-10(11)9-6-7-9/h2-5,9,12,14H,6-8H2,1H3. The Kier molecular flexibility index (Phi) is 3.25. The van der Waals surface area contributed by atoms with E-state index in [2.05, 4.69) is 4.74 Å². The lowest BCUT2D eigenvalue weighted by molar-refractivity contribution is -0.142. The summed E-state index contributed by atoms with van der Waals surface area (Å²) in [6, 6.07) is 7.79. The second-order valence-corrected chi connectivity index (χ2v) is 4.20. The van der Waals surface area contributed by atoms with Crippen molar-refractivity contribution in [2.24, 2.45) is 0 Å². The lowest BCUT2D eigenvalue weighted by atomic mass is 9.97. The Morgan fingerprint density at radius 2 is 2.19 bits per heavy atom. The van der Waals surface area contributed by atoms with Gasteiger partial charge in [0.25, 0.3) is 0 Å². The molecule has 0 saturated heterocycles.